The number of allylic oxidation sites excluding steroid dienone is 1. The van der Waals surface area contributed by atoms with Crippen molar-refractivity contribution >= 4 is 39.5 Å². The van der Waals surface area contributed by atoms with Crippen LogP contribution in [-0.2, 0) is 17.9 Å². The molecule has 3 heterocycles. The van der Waals surface area contributed by atoms with Crippen molar-refractivity contribution in [3.8, 4) is 17.2 Å². The van der Waals surface area contributed by atoms with Gasteiger partial charge in [-0.2, -0.15) is 0 Å². The number of thioether (sulfide) groups is 1. The molecule has 0 amide bonds. The van der Waals surface area contributed by atoms with Crippen molar-refractivity contribution in [3.05, 3.63) is 95.1 Å². The highest BCUT2D eigenvalue weighted by atomic mass is 32.2. The number of aliphatic carboxylic acids is 1. The number of aryl methyl sites for hydroxylation is 1. The topological polar surface area (TPSA) is 96.0 Å². The van der Waals surface area contributed by atoms with E-state index in [1.54, 1.807) is 32.7 Å². The maximum Gasteiger partial charge on any atom is 0.347 e. The van der Waals surface area contributed by atoms with Gasteiger partial charge in [-0.25, -0.2) is 9.78 Å². The summed E-state index contributed by atoms with van der Waals surface area (Å²) in [6.45, 7) is 5.85. The maximum atomic E-state index is 11.8. The molecule has 42 heavy (non-hydrogen) atoms. The minimum absolute atomic E-state index is 0.221. The molecular formula is C33H32N2O6S. The van der Waals surface area contributed by atoms with Gasteiger partial charge in [0.1, 0.15) is 23.8 Å². The van der Waals surface area contributed by atoms with Gasteiger partial charge < -0.3 is 28.3 Å². The number of fused-ring (bicyclic) bond motifs is 3. The summed E-state index contributed by atoms with van der Waals surface area (Å²) in [5, 5.41) is 13.8. The van der Waals surface area contributed by atoms with E-state index in [0.717, 1.165) is 51.1 Å². The first kappa shape index (κ1) is 27.8. The number of carboxylic acid groups (broad SMARTS) is 1. The van der Waals surface area contributed by atoms with E-state index >= 15 is 0 Å². The fraction of sp³-hybridized carbons (Fsp3) is 0.273. The molecule has 0 saturated carbocycles. The van der Waals surface area contributed by atoms with Gasteiger partial charge in [0.05, 0.1) is 17.9 Å². The molecule has 8 nitrogen and oxygen atoms in total. The van der Waals surface area contributed by atoms with Crippen molar-refractivity contribution in [3.63, 3.8) is 0 Å². The molecule has 3 aromatic carbocycles. The van der Waals surface area contributed by atoms with E-state index in [2.05, 4.69) is 27.1 Å². The van der Waals surface area contributed by atoms with Gasteiger partial charge >= 0.3 is 5.97 Å². The van der Waals surface area contributed by atoms with Crippen LogP contribution in [0.4, 0.5) is 0 Å². The number of benzene rings is 3. The average Bonchev–Trinajstić information content (AvgIpc) is 3.71. The molecule has 0 aliphatic carbocycles. The fourth-order valence-corrected chi connectivity index (χ4v) is 6.02. The van der Waals surface area contributed by atoms with Crippen LogP contribution in [-0.4, -0.2) is 33.3 Å². The number of oxazole rings is 1. The Morgan fingerprint density at radius 2 is 1.90 bits per heavy atom. The van der Waals surface area contributed by atoms with Crippen LogP contribution in [0.15, 0.2) is 76.6 Å². The minimum Gasteiger partial charge on any atom is -0.493 e. The summed E-state index contributed by atoms with van der Waals surface area (Å²) in [4.78, 5) is 16.5. The van der Waals surface area contributed by atoms with E-state index in [9.17, 15) is 9.90 Å². The monoisotopic (exact) mass is 584 g/mol. The second-order valence-corrected chi connectivity index (χ2v) is 11.8. The van der Waals surface area contributed by atoms with Gasteiger partial charge in [0, 0.05) is 22.8 Å². The lowest BCUT2D eigenvalue weighted by molar-refractivity contribution is -0.152. The fourth-order valence-electron chi connectivity index (χ4n) is 5.16. The second kappa shape index (κ2) is 11.1. The van der Waals surface area contributed by atoms with Crippen molar-refractivity contribution < 1.29 is 28.5 Å². The van der Waals surface area contributed by atoms with E-state index < -0.39 is 11.6 Å². The number of hydrogen-bond acceptors (Lipinski definition) is 7. The summed E-state index contributed by atoms with van der Waals surface area (Å²) in [7, 11) is 1.63. The van der Waals surface area contributed by atoms with Crippen LogP contribution < -0.4 is 14.2 Å². The van der Waals surface area contributed by atoms with E-state index in [0.29, 0.717) is 23.8 Å². The SMILES string of the molecule is COc1cc(Cn2c3ccccc3c3c(OC(C)(C)C(=O)O)cccc32)ccc1OCc1nc(C2CC=CS2)oc1C. The number of methoxy groups -OCH3 is 1. The minimum atomic E-state index is -1.38. The van der Waals surface area contributed by atoms with Crippen LogP contribution in [0.5, 0.6) is 17.2 Å². The Labute approximate surface area is 247 Å². The van der Waals surface area contributed by atoms with Crippen LogP contribution in [0.3, 0.4) is 0 Å². The molecule has 216 valence electrons. The highest BCUT2D eigenvalue weighted by molar-refractivity contribution is 8.02. The third-order valence-electron chi connectivity index (χ3n) is 7.45. The molecule has 2 aromatic heterocycles. The Morgan fingerprint density at radius 1 is 1.10 bits per heavy atom. The van der Waals surface area contributed by atoms with Gasteiger partial charge in [-0.3, -0.25) is 0 Å². The molecule has 1 unspecified atom stereocenters. The number of rotatable bonds is 10. The third kappa shape index (κ3) is 5.20. The van der Waals surface area contributed by atoms with Gasteiger partial charge in [0.25, 0.3) is 0 Å². The summed E-state index contributed by atoms with van der Waals surface area (Å²) in [6, 6.07) is 19.7. The normalized spacial score (nSPS) is 15.0. The summed E-state index contributed by atoms with van der Waals surface area (Å²) in [6.07, 6.45) is 3.05. The molecule has 1 aliphatic heterocycles. The lowest BCUT2D eigenvalue weighted by Gasteiger charge is -2.22. The van der Waals surface area contributed by atoms with Crippen LogP contribution >= 0.6 is 11.8 Å². The van der Waals surface area contributed by atoms with Crippen molar-refractivity contribution in [1.29, 1.82) is 0 Å². The molecular weight excluding hydrogens is 552 g/mol. The maximum absolute atomic E-state index is 11.8. The molecule has 0 spiro atoms. The summed E-state index contributed by atoms with van der Waals surface area (Å²) in [5.74, 6) is 2.24. The first-order valence-electron chi connectivity index (χ1n) is 13.7. The van der Waals surface area contributed by atoms with Crippen LogP contribution in [0, 0.1) is 6.92 Å². The van der Waals surface area contributed by atoms with Crippen LogP contribution in [0.1, 0.15) is 48.4 Å². The van der Waals surface area contributed by atoms with E-state index in [1.165, 1.54) is 0 Å². The number of carboxylic acids is 1. The lowest BCUT2D eigenvalue weighted by atomic mass is 10.1. The van der Waals surface area contributed by atoms with E-state index in [1.807, 2.05) is 61.5 Å². The second-order valence-electron chi connectivity index (χ2n) is 10.7. The quantitative estimate of drug-likeness (QED) is 0.179. The van der Waals surface area contributed by atoms with Crippen LogP contribution in [0.25, 0.3) is 21.8 Å². The highest BCUT2D eigenvalue weighted by Crippen LogP contribution is 2.40. The van der Waals surface area contributed by atoms with Gasteiger partial charge in [-0.05, 0) is 68.5 Å². The molecule has 0 fully saturated rings. The molecule has 1 N–H and O–H groups in total. The molecule has 0 radical (unpaired) electrons. The number of aromatic nitrogens is 2. The standard InChI is InChI=1S/C33H32N2O6S/c1-20-23(34-31(40-20)29-13-8-16-42-29)19-39-26-15-14-21(17-28(26)38-4)18-35-24-10-6-5-9-22(24)30-25(35)11-7-12-27(30)41-33(2,3)32(36)37/h5-12,14-17,29H,13,18-19H2,1-4H3,(H,36,37). The Balaban J connectivity index is 1.28. The molecule has 0 saturated heterocycles. The predicted octanol–water partition coefficient (Wildman–Crippen LogP) is 7.66. The molecule has 1 aliphatic rings. The van der Waals surface area contributed by atoms with Gasteiger partial charge in [0.2, 0.25) is 5.89 Å². The van der Waals surface area contributed by atoms with Crippen LogP contribution in [0.2, 0.25) is 0 Å². The summed E-state index contributed by atoms with van der Waals surface area (Å²) >= 11 is 1.72. The number of para-hydroxylation sites is 1. The molecule has 5 aromatic rings. The Bertz CT molecular complexity index is 1810. The van der Waals surface area contributed by atoms with Crippen molar-refractivity contribution in [2.75, 3.05) is 7.11 Å². The first-order valence-corrected chi connectivity index (χ1v) is 14.7. The molecule has 1 atom stereocenters. The van der Waals surface area contributed by atoms with Gasteiger partial charge in [-0.15, -0.1) is 11.8 Å². The molecule has 6 rings (SSSR count). The lowest BCUT2D eigenvalue weighted by Crippen LogP contribution is -2.37. The van der Waals surface area contributed by atoms with E-state index in [-0.39, 0.29) is 11.9 Å². The third-order valence-corrected chi connectivity index (χ3v) is 8.52. The van der Waals surface area contributed by atoms with Crippen molar-refractivity contribution in [2.24, 2.45) is 0 Å². The molecule has 0 bridgehead atoms. The van der Waals surface area contributed by atoms with E-state index in [4.69, 9.17) is 18.6 Å². The largest absolute Gasteiger partial charge is 0.493 e. The summed E-state index contributed by atoms with van der Waals surface area (Å²) < 4.78 is 26.0. The number of nitrogens with zero attached hydrogens (tertiary/aromatic N) is 2. The van der Waals surface area contributed by atoms with Crippen molar-refractivity contribution in [2.45, 2.75) is 51.2 Å². The van der Waals surface area contributed by atoms with Gasteiger partial charge in [-0.1, -0.05) is 36.4 Å². The van der Waals surface area contributed by atoms with Crippen molar-refractivity contribution in [1.82, 2.24) is 9.55 Å². The Hall–Kier alpha value is -4.37. The van der Waals surface area contributed by atoms with Gasteiger partial charge in [0.15, 0.2) is 17.1 Å². The predicted molar refractivity (Wildman–Crippen MR) is 164 cm³/mol. The molecule has 9 heteroatoms. The number of hydrogen-bond donors (Lipinski definition) is 1. The first-order chi connectivity index (χ1) is 20.2. The number of ether oxygens (including phenoxy) is 3. The zero-order valence-corrected chi connectivity index (χ0v) is 24.7. The zero-order chi connectivity index (χ0) is 29.4. The Kier molecular flexibility index (Phi) is 7.36. The number of carbonyl (C=O) groups is 1. The Morgan fingerprint density at radius 3 is 2.67 bits per heavy atom. The summed E-state index contributed by atoms with van der Waals surface area (Å²) in [5.41, 5.74) is 2.38. The smallest absolute Gasteiger partial charge is 0.347 e. The average molecular weight is 585 g/mol. The zero-order valence-electron chi connectivity index (χ0n) is 23.9. The highest BCUT2D eigenvalue weighted by Gasteiger charge is 2.31.